The van der Waals surface area contributed by atoms with Crippen LogP contribution in [0.2, 0.25) is 0 Å². The largest absolute Gasteiger partial charge is 0.298 e. The molecule has 4 rings (SSSR count). The fraction of sp³-hybridized carbons (Fsp3) is 0.412. The lowest BCUT2D eigenvalue weighted by atomic mass is 9.94. The fourth-order valence-corrected chi connectivity index (χ4v) is 3.30. The van der Waals surface area contributed by atoms with Crippen LogP contribution in [-0.4, -0.2) is 47.7 Å². The molecule has 0 saturated carbocycles. The van der Waals surface area contributed by atoms with E-state index in [4.69, 9.17) is 4.98 Å². The number of piperidine rings is 1. The van der Waals surface area contributed by atoms with Gasteiger partial charge in [-0.25, -0.2) is 9.97 Å². The summed E-state index contributed by atoms with van der Waals surface area (Å²) in [6, 6.07) is 0. The number of imidazole rings is 1. The molecule has 3 aromatic heterocycles. The van der Waals surface area contributed by atoms with Crippen molar-refractivity contribution in [3.8, 4) is 5.82 Å². The number of nitrogens with zero attached hydrogens (tertiary/aromatic N) is 6. The third-order valence-electron chi connectivity index (χ3n) is 4.66. The molecule has 4 heterocycles. The minimum atomic E-state index is 0.418. The first-order chi connectivity index (χ1) is 11.8. The Bertz CT molecular complexity index is 793. The molecule has 0 aromatic carbocycles. The molecule has 0 amide bonds. The molecule has 0 aliphatic carbocycles. The maximum absolute atomic E-state index is 4.80. The monoisotopic (exact) mass is 323 g/mol. The van der Waals surface area contributed by atoms with E-state index >= 15 is 0 Å². The predicted octanol–water partition coefficient (Wildman–Crippen LogP) is 2.07. The van der Waals surface area contributed by atoms with Crippen LogP contribution in [0.5, 0.6) is 0 Å². The quantitative estimate of drug-likeness (QED) is 0.795. The van der Waals surface area contributed by atoms with Crippen LogP contribution in [0.3, 0.4) is 0 Å². The number of likely N-dealkylation sites (tertiary alicyclic amines) is 1. The normalized spacial score (nSPS) is 18.8. The summed E-state index contributed by atoms with van der Waals surface area (Å²) in [5, 5.41) is 7.14. The van der Waals surface area contributed by atoms with E-state index in [0.29, 0.717) is 5.92 Å². The maximum Gasteiger partial charge on any atom is 0.156 e. The van der Waals surface area contributed by atoms with E-state index in [2.05, 4.69) is 32.0 Å². The number of aromatic nitrogens is 6. The molecular formula is C17H21N7. The van der Waals surface area contributed by atoms with Crippen molar-refractivity contribution in [1.82, 2.24) is 34.6 Å². The average Bonchev–Trinajstić information content (AvgIpc) is 3.28. The first-order valence-electron chi connectivity index (χ1n) is 8.31. The third-order valence-corrected chi connectivity index (χ3v) is 4.66. The van der Waals surface area contributed by atoms with Crippen LogP contribution >= 0.6 is 0 Å². The molecule has 7 heteroatoms. The number of rotatable bonds is 4. The van der Waals surface area contributed by atoms with Gasteiger partial charge >= 0.3 is 0 Å². The fourth-order valence-electron chi connectivity index (χ4n) is 3.30. The van der Waals surface area contributed by atoms with Gasteiger partial charge in [0.05, 0.1) is 18.1 Å². The minimum Gasteiger partial charge on any atom is -0.298 e. The Morgan fingerprint density at radius 3 is 3.00 bits per heavy atom. The smallest absolute Gasteiger partial charge is 0.156 e. The predicted molar refractivity (Wildman–Crippen MR) is 89.7 cm³/mol. The minimum absolute atomic E-state index is 0.418. The molecule has 0 radical (unpaired) electrons. The number of aryl methyl sites for hydroxylation is 1. The van der Waals surface area contributed by atoms with Crippen molar-refractivity contribution in [2.24, 2.45) is 0 Å². The van der Waals surface area contributed by atoms with Crippen LogP contribution in [0.25, 0.3) is 5.82 Å². The topological polar surface area (TPSA) is 75.5 Å². The van der Waals surface area contributed by atoms with Gasteiger partial charge in [-0.2, -0.15) is 5.10 Å². The molecule has 1 aliphatic heterocycles. The highest BCUT2D eigenvalue weighted by molar-refractivity contribution is 5.22. The van der Waals surface area contributed by atoms with Crippen molar-refractivity contribution in [2.75, 3.05) is 13.1 Å². The first kappa shape index (κ1) is 15.0. The highest BCUT2D eigenvalue weighted by Crippen LogP contribution is 2.26. The second-order valence-corrected chi connectivity index (χ2v) is 6.37. The van der Waals surface area contributed by atoms with E-state index < -0.39 is 0 Å². The molecule has 1 saturated heterocycles. The Morgan fingerprint density at radius 1 is 1.25 bits per heavy atom. The van der Waals surface area contributed by atoms with E-state index in [-0.39, 0.29) is 0 Å². The zero-order valence-electron chi connectivity index (χ0n) is 13.8. The molecule has 3 aromatic rings. The van der Waals surface area contributed by atoms with Gasteiger partial charge in [-0.05, 0) is 26.3 Å². The molecule has 24 heavy (non-hydrogen) atoms. The molecule has 1 fully saturated rings. The summed E-state index contributed by atoms with van der Waals surface area (Å²) in [5.41, 5.74) is 3.49. The molecular weight excluding hydrogens is 302 g/mol. The summed E-state index contributed by atoms with van der Waals surface area (Å²) < 4.78 is 1.89. The van der Waals surface area contributed by atoms with Crippen molar-refractivity contribution in [3.05, 3.63) is 54.3 Å². The van der Waals surface area contributed by atoms with Gasteiger partial charge in [0.2, 0.25) is 0 Å². The van der Waals surface area contributed by atoms with Gasteiger partial charge in [-0.3, -0.25) is 19.5 Å². The second kappa shape index (κ2) is 6.52. The van der Waals surface area contributed by atoms with E-state index in [1.54, 1.807) is 18.7 Å². The van der Waals surface area contributed by atoms with Crippen LogP contribution in [0.4, 0.5) is 0 Å². The molecule has 1 aliphatic rings. The molecule has 0 spiro atoms. The van der Waals surface area contributed by atoms with Crippen molar-refractivity contribution in [3.63, 3.8) is 0 Å². The van der Waals surface area contributed by atoms with E-state index in [0.717, 1.165) is 43.3 Å². The van der Waals surface area contributed by atoms with Crippen LogP contribution in [0.1, 0.15) is 35.7 Å². The lowest BCUT2D eigenvalue weighted by Gasteiger charge is -2.32. The maximum atomic E-state index is 4.80. The van der Waals surface area contributed by atoms with E-state index in [1.165, 1.54) is 12.0 Å². The molecule has 124 valence electrons. The number of nitrogens with one attached hydrogen (secondary N) is 1. The number of hydrogen-bond donors (Lipinski definition) is 1. The van der Waals surface area contributed by atoms with E-state index in [9.17, 15) is 0 Å². The van der Waals surface area contributed by atoms with E-state index in [1.807, 2.05) is 23.2 Å². The summed E-state index contributed by atoms with van der Waals surface area (Å²) in [5.74, 6) is 1.25. The molecule has 1 unspecified atom stereocenters. The van der Waals surface area contributed by atoms with Crippen LogP contribution in [0, 0.1) is 6.92 Å². The Hall–Kier alpha value is -2.54. The van der Waals surface area contributed by atoms with Crippen LogP contribution in [0.15, 0.2) is 37.3 Å². The summed E-state index contributed by atoms with van der Waals surface area (Å²) in [7, 11) is 0. The highest BCUT2D eigenvalue weighted by atomic mass is 15.2. The average molecular weight is 323 g/mol. The lowest BCUT2D eigenvalue weighted by Crippen LogP contribution is -2.34. The summed E-state index contributed by atoms with van der Waals surface area (Å²) in [6.45, 7) is 5.14. The van der Waals surface area contributed by atoms with Gasteiger partial charge in [0.15, 0.2) is 5.82 Å². The Morgan fingerprint density at radius 2 is 2.21 bits per heavy atom. The zero-order valence-corrected chi connectivity index (χ0v) is 13.8. The van der Waals surface area contributed by atoms with Gasteiger partial charge in [0.25, 0.3) is 0 Å². The molecule has 7 nitrogen and oxygen atoms in total. The van der Waals surface area contributed by atoms with Crippen molar-refractivity contribution >= 4 is 0 Å². The van der Waals surface area contributed by atoms with Gasteiger partial charge < -0.3 is 0 Å². The zero-order chi connectivity index (χ0) is 16.4. The van der Waals surface area contributed by atoms with Crippen LogP contribution < -0.4 is 0 Å². The standard InChI is InChI=1S/C17H21N7/c1-13-15(7-20-22-13)11-23-5-2-3-14(10-23)16-8-19-9-17(21-16)24-6-4-18-12-24/h4,6-9,12,14H,2-3,5,10-11H2,1H3,(H,20,22). The van der Waals surface area contributed by atoms with Gasteiger partial charge in [0.1, 0.15) is 6.33 Å². The van der Waals surface area contributed by atoms with Crippen molar-refractivity contribution in [2.45, 2.75) is 32.2 Å². The van der Waals surface area contributed by atoms with Crippen molar-refractivity contribution in [1.29, 1.82) is 0 Å². The lowest BCUT2D eigenvalue weighted by molar-refractivity contribution is 0.198. The number of H-pyrrole nitrogens is 1. The molecule has 1 atom stereocenters. The second-order valence-electron chi connectivity index (χ2n) is 6.37. The van der Waals surface area contributed by atoms with Gasteiger partial charge in [0, 0.05) is 48.9 Å². The van der Waals surface area contributed by atoms with Gasteiger partial charge in [-0.15, -0.1) is 0 Å². The molecule has 0 bridgehead atoms. The third kappa shape index (κ3) is 3.07. The first-order valence-corrected chi connectivity index (χ1v) is 8.31. The van der Waals surface area contributed by atoms with Gasteiger partial charge in [-0.1, -0.05) is 0 Å². The number of hydrogen-bond acceptors (Lipinski definition) is 5. The Labute approximate surface area is 140 Å². The summed E-state index contributed by atoms with van der Waals surface area (Å²) in [4.78, 5) is 15.8. The Balaban J connectivity index is 1.50. The van der Waals surface area contributed by atoms with Crippen LogP contribution in [-0.2, 0) is 6.54 Å². The summed E-state index contributed by atoms with van der Waals surface area (Å²) >= 11 is 0. The number of aromatic amines is 1. The summed E-state index contributed by atoms with van der Waals surface area (Å²) in [6.07, 6.45) is 13.3. The van der Waals surface area contributed by atoms with Crippen molar-refractivity contribution < 1.29 is 0 Å². The highest BCUT2D eigenvalue weighted by Gasteiger charge is 2.23. The molecule has 1 N–H and O–H groups in total. The Kier molecular flexibility index (Phi) is 4.08. The SMILES string of the molecule is Cc1[nH]ncc1CN1CCCC(c2cncc(-n3ccnc3)n2)C1.